The van der Waals surface area contributed by atoms with Crippen LogP contribution in [0.15, 0.2) is 12.3 Å². The van der Waals surface area contributed by atoms with Crippen LogP contribution in [0, 0.1) is 0 Å². The van der Waals surface area contributed by atoms with Crippen LogP contribution < -0.4 is 0 Å². The van der Waals surface area contributed by atoms with Crippen molar-refractivity contribution < 1.29 is 9.84 Å². The van der Waals surface area contributed by atoms with Gasteiger partial charge in [0, 0.05) is 19.2 Å². The van der Waals surface area contributed by atoms with Gasteiger partial charge in [0.15, 0.2) is 0 Å². The van der Waals surface area contributed by atoms with Gasteiger partial charge >= 0.3 is 0 Å². The predicted octanol–water partition coefficient (Wildman–Crippen LogP) is 0.690. The Morgan fingerprint density at radius 2 is 2.50 bits per heavy atom. The third-order valence-electron chi connectivity index (χ3n) is 2.36. The van der Waals surface area contributed by atoms with Gasteiger partial charge in [0.25, 0.3) is 0 Å². The summed E-state index contributed by atoms with van der Waals surface area (Å²) in [6.07, 6.45) is 4.93. The standard InChI is InChI=1S/C10H14N2O2/c13-7-8-3-4-11-10(12-8)6-9-2-1-5-14-9/h3-4,9,13H,1-2,5-7H2. The molecule has 0 spiro atoms. The molecular weight excluding hydrogens is 180 g/mol. The van der Waals surface area contributed by atoms with Gasteiger partial charge in [0.05, 0.1) is 18.4 Å². The highest BCUT2D eigenvalue weighted by Crippen LogP contribution is 2.15. The fourth-order valence-electron chi connectivity index (χ4n) is 1.64. The smallest absolute Gasteiger partial charge is 0.131 e. The number of aromatic nitrogens is 2. The van der Waals surface area contributed by atoms with Crippen molar-refractivity contribution in [1.29, 1.82) is 0 Å². The van der Waals surface area contributed by atoms with E-state index in [9.17, 15) is 0 Å². The maximum absolute atomic E-state index is 8.90. The monoisotopic (exact) mass is 194 g/mol. The molecule has 2 rings (SSSR count). The Morgan fingerprint density at radius 3 is 3.21 bits per heavy atom. The predicted molar refractivity (Wildman–Crippen MR) is 50.6 cm³/mol. The van der Waals surface area contributed by atoms with Crippen molar-refractivity contribution in [1.82, 2.24) is 9.97 Å². The molecule has 1 aliphatic rings. The van der Waals surface area contributed by atoms with Gasteiger partial charge in [-0.15, -0.1) is 0 Å². The van der Waals surface area contributed by atoms with Crippen molar-refractivity contribution in [2.24, 2.45) is 0 Å². The Kier molecular flexibility index (Phi) is 3.06. The van der Waals surface area contributed by atoms with Crippen LogP contribution in [0.1, 0.15) is 24.4 Å². The molecule has 0 saturated carbocycles. The van der Waals surface area contributed by atoms with Crippen molar-refractivity contribution in [2.45, 2.75) is 32.0 Å². The lowest BCUT2D eigenvalue weighted by Crippen LogP contribution is -2.12. The topological polar surface area (TPSA) is 55.2 Å². The second-order valence-electron chi connectivity index (χ2n) is 3.46. The van der Waals surface area contributed by atoms with Crippen LogP contribution >= 0.6 is 0 Å². The molecule has 1 aromatic heterocycles. The molecule has 1 atom stereocenters. The van der Waals surface area contributed by atoms with Gasteiger partial charge in [-0.05, 0) is 18.9 Å². The number of aliphatic hydroxyl groups excluding tert-OH is 1. The Bertz CT molecular complexity index is 298. The molecule has 0 bridgehead atoms. The Morgan fingerprint density at radius 1 is 1.57 bits per heavy atom. The summed E-state index contributed by atoms with van der Waals surface area (Å²) in [5.74, 6) is 0.767. The van der Waals surface area contributed by atoms with Gasteiger partial charge in [-0.1, -0.05) is 0 Å². The number of hydrogen-bond donors (Lipinski definition) is 1. The lowest BCUT2D eigenvalue weighted by Gasteiger charge is -2.07. The summed E-state index contributed by atoms with van der Waals surface area (Å²) in [7, 11) is 0. The molecule has 1 aromatic rings. The molecule has 2 heterocycles. The largest absolute Gasteiger partial charge is 0.390 e. The first-order valence-electron chi connectivity index (χ1n) is 4.92. The minimum absolute atomic E-state index is 0.0267. The fourth-order valence-corrected chi connectivity index (χ4v) is 1.64. The van der Waals surface area contributed by atoms with Crippen LogP contribution in [-0.2, 0) is 17.8 Å². The normalized spacial score (nSPS) is 21.4. The molecule has 0 amide bonds. The zero-order valence-corrected chi connectivity index (χ0v) is 8.02. The zero-order chi connectivity index (χ0) is 9.80. The molecule has 1 fully saturated rings. The summed E-state index contributed by atoms with van der Waals surface area (Å²) < 4.78 is 5.49. The lowest BCUT2D eigenvalue weighted by atomic mass is 10.2. The SMILES string of the molecule is OCc1ccnc(CC2CCCO2)n1. The van der Waals surface area contributed by atoms with Crippen molar-refractivity contribution in [3.05, 3.63) is 23.8 Å². The highest BCUT2D eigenvalue weighted by Gasteiger charge is 2.17. The minimum Gasteiger partial charge on any atom is -0.390 e. The van der Waals surface area contributed by atoms with Crippen molar-refractivity contribution >= 4 is 0 Å². The van der Waals surface area contributed by atoms with Crippen molar-refractivity contribution in [3.63, 3.8) is 0 Å². The third-order valence-corrected chi connectivity index (χ3v) is 2.36. The van der Waals surface area contributed by atoms with Crippen LogP contribution in [0.25, 0.3) is 0 Å². The summed E-state index contributed by atoms with van der Waals surface area (Å²) in [6.45, 7) is 0.825. The molecule has 1 aliphatic heterocycles. The van der Waals surface area contributed by atoms with E-state index in [1.165, 1.54) is 0 Å². The summed E-state index contributed by atoms with van der Waals surface area (Å²) >= 11 is 0. The number of aliphatic hydroxyl groups is 1. The molecule has 0 radical (unpaired) electrons. The molecule has 4 heteroatoms. The number of hydrogen-bond acceptors (Lipinski definition) is 4. The van der Waals surface area contributed by atoms with Crippen LogP contribution in [0.2, 0.25) is 0 Å². The summed E-state index contributed by atoms with van der Waals surface area (Å²) in [5, 5.41) is 8.90. The minimum atomic E-state index is -0.0267. The summed E-state index contributed by atoms with van der Waals surface area (Å²) in [4.78, 5) is 8.36. The first kappa shape index (κ1) is 9.55. The molecule has 14 heavy (non-hydrogen) atoms. The van der Waals surface area contributed by atoms with E-state index in [0.717, 1.165) is 31.7 Å². The molecular formula is C10H14N2O2. The Balaban J connectivity index is 2.00. The molecule has 1 unspecified atom stereocenters. The van der Waals surface area contributed by atoms with Gasteiger partial charge in [-0.2, -0.15) is 0 Å². The Hall–Kier alpha value is -1.00. The van der Waals surface area contributed by atoms with E-state index in [-0.39, 0.29) is 12.7 Å². The van der Waals surface area contributed by atoms with Gasteiger partial charge in [0.2, 0.25) is 0 Å². The van der Waals surface area contributed by atoms with Gasteiger partial charge in [-0.25, -0.2) is 9.97 Å². The van der Waals surface area contributed by atoms with Crippen LogP contribution in [0.5, 0.6) is 0 Å². The van der Waals surface area contributed by atoms with E-state index in [4.69, 9.17) is 9.84 Å². The molecule has 0 aliphatic carbocycles. The summed E-state index contributed by atoms with van der Waals surface area (Å²) in [6, 6.07) is 1.72. The molecule has 4 nitrogen and oxygen atoms in total. The van der Waals surface area contributed by atoms with E-state index in [1.54, 1.807) is 12.3 Å². The molecule has 76 valence electrons. The quantitative estimate of drug-likeness (QED) is 0.769. The van der Waals surface area contributed by atoms with Crippen LogP contribution in [0.4, 0.5) is 0 Å². The van der Waals surface area contributed by atoms with Crippen LogP contribution in [0.3, 0.4) is 0 Å². The number of rotatable bonds is 3. The first-order chi connectivity index (χ1) is 6.88. The van der Waals surface area contributed by atoms with E-state index >= 15 is 0 Å². The first-order valence-corrected chi connectivity index (χ1v) is 4.92. The second-order valence-corrected chi connectivity index (χ2v) is 3.46. The third kappa shape index (κ3) is 2.27. The van der Waals surface area contributed by atoms with Crippen molar-refractivity contribution in [2.75, 3.05) is 6.61 Å². The van der Waals surface area contributed by atoms with Crippen LogP contribution in [-0.4, -0.2) is 27.8 Å². The van der Waals surface area contributed by atoms with Crippen molar-refractivity contribution in [3.8, 4) is 0 Å². The maximum atomic E-state index is 8.90. The maximum Gasteiger partial charge on any atom is 0.131 e. The highest BCUT2D eigenvalue weighted by atomic mass is 16.5. The van der Waals surface area contributed by atoms with E-state index in [0.29, 0.717) is 5.69 Å². The lowest BCUT2D eigenvalue weighted by molar-refractivity contribution is 0.109. The van der Waals surface area contributed by atoms with Gasteiger partial charge in [0.1, 0.15) is 5.82 Å². The highest BCUT2D eigenvalue weighted by molar-refractivity contribution is 5.01. The second kappa shape index (κ2) is 4.48. The van der Waals surface area contributed by atoms with E-state index < -0.39 is 0 Å². The molecule has 1 N–H and O–H groups in total. The van der Waals surface area contributed by atoms with Gasteiger partial charge in [-0.3, -0.25) is 0 Å². The number of ether oxygens (including phenoxy) is 1. The molecule has 0 aromatic carbocycles. The number of nitrogens with zero attached hydrogens (tertiary/aromatic N) is 2. The Labute approximate surface area is 83.0 Å². The fraction of sp³-hybridized carbons (Fsp3) is 0.600. The average Bonchev–Trinajstić information content (AvgIpc) is 2.71. The average molecular weight is 194 g/mol. The van der Waals surface area contributed by atoms with Gasteiger partial charge < -0.3 is 9.84 Å². The molecule has 1 saturated heterocycles. The van der Waals surface area contributed by atoms with E-state index in [2.05, 4.69) is 9.97 Å². The summed E-state index contributed by atoms with van der Waals surface area (Å²) in [5.41, 5.74) is 0.674. The van der Waals surface area contributed by atoms with E-state index in [1.807, 2.05) is 0 Å². The zero-order valence-electron chi connectivity index (χ0n) is 8.02.